The van der Waals surface area contributed by atoms with Crippen LogP contribution in [-0.4, -0.2) is 96.7 Å². The Morgan fingerprint density at radius 2 is 0.522 bits per heavy atom. The van der Waals surface area contributed by atoms with Gasteiger partial charge in [0, 0.05) is 25.7 Å². The van der Waals surface area contributed by atoms with E-state index in [0.717, 1.165) is 114 Å². The van der Waals surface area contributed by atoms with E-state index in [-0.39, 0.29) is 25.7 Å². The van der Waals surface area contributed by atoms with E-state index in [2.05, 4.69) is 55.4 Å². The van der Waals surface area contributed by atoms with Crippen molar-refractivity contribution in [3.05, 3.63) is 0 Å². The molecule has 0 aliphatic heterocycles. The summed E-state index contributed by atoms with van der Waals surface area (Å²) in [6.07, 6.45) is 46.2. The highest BCUT2D eigenvalue weighted by Gasteiger charge is 2.30. The zero-order chi connectivity index (χ0) is 68.2. The number of aliphatic hydroxyl groups excluding tert-OH is 1. The van der Waals surface area contributed by atoms with E-state index >= 15 is 0 Å². The lowest BCUT2D eigenvalue weighted by Crippen LogP contribution is -2.30. The summed E-state index contributed by atoms with van der Waals surface area (Å²) in [6.45, 7) is 14.1. The molecule has 17 nitrogen and oxygen atoms in total. The van der Waals surface area contributed by atoms with Crippen LogP contribution in [0, 0.1) is 23.7 Å². The normalized spacial score (nSPS) is 14.8. The molecule has 4 unspecified atom stereocenters. The summed E-state index contributed by atoms with van der Waals surface area (Å²) >= 11 is 0. The largest absolute Gasteiger partial charge is 0.472 e. The first-order chi connectivity index (χ1) is 44.2. The fraction of sp³-hybridized carbons (Fsp3) is 0.945. The molecule has 0 spiro atoms. The van der Waals surface area contributed by atoms with Crippen LogP contribution in [0.1, 0.15) is 364 Å². The van der Waals surface area contributed by atoms with Crippen LogP contribution in [-0.2, 0) is 65.4 Å². The number of ether oxygens (including phenoxy) is 4. The van der Waals surface area contributed by atoms with E-state index in [4.69, 9.17) is 37.0 Å². The van der Waals surface area contributed by atoms with Crippen LogP contribution < -0.4 is 0 Å². The fourth-order valence-electron chi connectivity index (χ4n) is 11.0. The van der Waals surface area contributed by atoms with E-state index in [0.29, 0.717) is 31.6 Å². The first kappa shape index (κ1) is 90.1. The zero-order valence-corrected chi connectivity index (χ0v) is 62.0. The van der Waals surface area contributed by atoms with Gasteiger partial charge in [0.05, 0.1) is 26.4 Å². The van der Waals surface area contributed by atoms with Crippen molar-refractivity contribution >= 4 is 39.5 Å². The van der Waals surface area contributed by atoms with Gasteiger partial charge in [-0.25, -0.2) is 9.13 Å². The molecule has 546 valence electrons. The Bertz CT molecular complexity index is 1820. The lowest BCUT2D eigenvalue weighted by molar-refractivity contribution is -0.161. The average Bonchev–Trinajstić information content (AvgIpc) is 1.71. The molecule has 0 amide bonds. The second-order valence-electron chi connectivity index (χ2n) is 27.8. The van der Waals surface area contributed by atoms with E-state index in [1.807, 2.05) is 0 Å². The summed E-state index contributed by atoms with van der Waals surface area (Å²) in [7, 11) is -9.90. The number of esters is 4. The Labute approximate surface area is 562 Å². The molecular weight excluding hydrogens is 1210 g/mol. The third kappa shape index (κ3) is 64.1. The van der Waals surface area contributed by atoms with Gasteiger partial charge in [0.15, 0.2) is 12.2 Å². The molecular formula is C73H142O17P2. The monoisotopic (exact) mass is 1350 g/mol. The van der Waals surface area contributed by atoms with Gasteiger partial charge < -0.3 is 33.8 Å². The minimum atomic E-state index is -4.95. The van der Waals surface area contributed by atoms with E-state index in [1.54, 1.807) is 0 Å². The first-order valence-corrected chi connectivity index (χ1v) is 40.8. The molecule has 19 heteroatoms. The number of hydrogen-bond donors (Lipinski definition) is 3. The van der Waals surface area contributed by atoms with Crippen LogP contribution in [0.2, 0.25) is 0 Å². The van der Waals surface area contributed by atoms with Crippen LogP contribution in [0.3, 0.4) is 0 Å². The van der Waals surface area contributed by atoms with Gasteiger partial charge >= 0.3 is 39.5 Å². The third-order valence-electron chi connectivity index (χ3n) is 17.5. The first-order valence-electron chi connectivity index (χ1n) is 37.8. The number of phosphoric ester groups is 2. The van der Waals surface area contributed by atoms with E-state index in [9.17, 15) is 43.2 Å². The highest BCUT2D eigenvalue weighted by atomic mass is 31.2. The Morgan fingerprint density at radius 1 is 0.304 bits per heavy atom. The topological polar surface area (TPSA) is 237 Å². The molecule has 0 saturated heterocycles. The maximum Gasteiger partial charge on any atom is 0.472 e. The molecule has 0 aromatic rings. The molecule has 0 aliphatic carbocycles. The SMILES string of the molecule is CCC(C)CCCCCCCCCCC(=O)O[C@H](COC(=O)CCCCCCCCC(C)C)COP(=O)(O)OC[C@H](O)COP(=O)(O)OC[C@@H](COC(=O)CCCCCCCCCCCCCCCCCCCCC(C)C)OC(=O)CCCCCCCCC(C)CC. The predicted molar refractivity (Wildman–Crippen MR) is 372 cm³/mol. The number of carbonyl (C=O) groups is 4. The molecule has 3 N–H and O–H groups in total. The maximum absolute atomic E-state index is 13.0. The van der Waals surface area contributed by atoms with Crippen molar-refractivity contribution in [2.45, 2.75) is 382 Å². The Kier molecular flexibility index (Phi) is 61.3. The predicted octanol–water partition coefficient (Wildman–Crippen LogP) is 20.9. The second-order valence-corrected chi connectivity index (χ2v) is 30.7. The zero-order valence-electron chi connectivity index (χ0n) is 60.2. The highest BCUT2D eigenvalue weighted by Crippen LogP contribution is 2.45. The molecule has 0 bridgehead atoms. The van der Waals surface area contributed by atoms with Crippen molar-refractivity contribution in [1.82, 2.24) is 0 Å². The summed E-state index contributed by atoms with van der Waals surface area (Å²) in [6, 6.07) is 0. The number of unbranched alkanes of at least 4 members (excludes halogenated alkanes) is 34. The molecule has 0 saturated carbocycles. The Hall–Kier alpha value is -1.94. The number of hydrogen-bond acceptors (Lipinski definition) is 15. The molecule has 0 radical (unpaired) electrons. The molecule has 0 heterocycles. The highest BCUT2D eigenvalue weighted by molar-refractivity contribution is 7.47. The molecule has 7 atom stereocenters. The van der Waals surface area contributed by atoms with Crippen LogP contribution in [0.5, 0.6) is 0 Å². The molecule has 0 aromatic carbocycles. The van der Waals surface area contributed by atoms with Crippen molar-refractivity contribution in [1.29, 1.82) is 0 Å². The van der Waals surface area contributed by atoms with Gasteiger partial charge in [-0.1, -0.05) is 312 Å². The Morgan fingerprint density at radius 3 is 0.772 bits per heavy atom. The summed E-state index contributed by atoms with van der Waals surface area (Å²) in [4.78, 5) is 72.5. The Balaban J connectivity index is 5.14. The maximum atomic E-state index is 13.0. The van der Waals surface area contributed by atoms with Crippen molar-refractivity contribution < 1.29 is 80.2 Å². The van der Waals surface area contributed by atoms with Gasteiger partial charge in [0.25, 0.3) is 0 Å². The molecule has 0 aromatic heterocycles. The lowest BCUT2D eigenvalue weighted by atomic mass is 9.99. The van der Waals surface area contributed by atoms with Crippen LogP contribution in [0.15, 0.2) is 0 Å². The van der Waals surface area contributed by atoms with Crippen LogP contribution >= 0.6 is 15.6 Å². The van der Waals surface area contributed by atoms with E-state index < -0.39 is 97.5 Å². The quantitative estimate of drug-likeness (QED) is 0.0222. The van der Waals surface area contributed by atoms with Crippen LogP contribution in [0.25, 0.3) is 0 Å². The lowest BCUT2D eigenvalue weighted by Gasteiger charge is -2.21. The van der Waals surface area contributed by atoms with Gasteiger partial charge in [-0.2, -0.15) is 0 Å². The number of rotatable bonds is 70. The second kappa shape index (κ2) is 62.6. The van der Waals surface area contributed by atoms with E-state index in [1.165, 1.54) is 161 Å². The summed E-state index contributed by atoms with van der Waals surface area (Å²) < 4.78 is 68.3. The summed E-state index contributed by atoms with van der Waals surface area (Å²) in [5.74, 6) is 0.860. The van der Waals surface area contributed by atoms with Crippen molar-refractivity contribution in [2.75, 3.05) is 39.6 Å². The van der Waals surface area contributed by atoms with Gasteiger partial charge in [0.1, 0.15) is 19.3 Å². The van der Waals surface area contributed by atoms with Gasteiger partial charge in [-0.15, -0.1) is 0 Å². The average molecular weight is 1350 g/mol. The summed E-state index contributed by atoms with van der Waals surface area (Å²) in [5.41, 5.74) is 0. The molecule has 0 rings (SSSR count). The van der Waals surface area contributed by atoms with Crippen LogP contribution in [0.4, 0.5) is 0 Å². The minimum Gasteiger partial charge on any atom is -0.462 e. The third-order valence-corrected chi connectivity index (χ3v) is 19.4. The standard InChI is InChI=1S/C73H142O17P2/c1-9-65(7)51-43-35-26-23-24-28-39-47-55-72(77)89-68(60-84-71(76)54-46-38-31-29-34-42-50-64(5)6)61-87-91(79,80)85-57-67(74)58-86-92(81,82)88-62-69(90-73(78)56-48-40-32-30-36-44-52-66(8)10-2)59-83-70(75)53-45-37-27-22-20-18-16-14-12-11-13-15-17-19-21-25-33-41-49-63(3)4/h63-69,74H,9-62H2,1-8H3,(H,79,80)(H,81,82)/t65?,66?,67-,68+,69+/m0/s1. The summed E-state index contributed by atoms with van der Waals surface area (Å²) in [5, 5.41) is 10.6. The van der Waals surface area contributed by atoms with Gasteiger partial charge in [-0.3, -0.25) is 37.3 Å². The van der Waals surface area contributed by atoms with Crippen molar-refractivity contribution in [2.24, 2.45) is 23.7 Å². The number of aliphatic hydroxyl groups is 1. The number of phosphoric acid groups is 2. The smallest absolute Gasteiger partial charge is 0.462 e. The van der Waals surface area contributed by atoms with Crippen molar-refractivity contribution in [3.8, 4) is 0 Å². The van der Waals surface area contributed by atoms with Gasteiger partial charge in [0.2, 0.25) is 0 Å². The molecule has 0 fully saturated rings. The fourth-order valence-corrected chi connectivity index (χ4v) is 12.5. The molecule has 0 aliphatic rings. The number of carbonyl (C=O) groups excluding carboxylic acids is 4. The molecule has 92 heavy (non-hydrogen) atoms. The van der Waals surface area contributed by atoms with Gasteiger partial charge in [-0.05, 0) is 49.4 Å². The minimum absolute atomic E-state index is 0.103. The van der Waals surface area contributed by atoms with Crippen molar-refractivity contribution in [3.63, 3.8) is 0 Å².